The van der Waals surface area contributed by atoms with E-state index in [1.54, 1.807) is 32.0 Å². The molecule has 2 rings (SSSR count). The van der Waals surface area contributed by atoms with Gasteiger partial charge in [0.15, 0.2) is 5.60 Å². The van der Waals surface area contributed by atoms with Crippen LogP contribution < -0.4 is 15.4 Å². The molecule has 1 aromatic rings. The van der Waals surface area contributed by atoms with Gasteiger partial charge < -0.3 is 15.4 Å². The average molecular weight is 262 g/mol. The lowest BCUT2D eigenvalue weighted by atomic mass is 10.1. The zero-order valence-electron chi connectivity index (χ0n) is 11.4. The van der Waals surface area contributed by atoms with E-state index in [2.05, 4.69) is 10.6 Å². The zero-order chi connectivity index (χ0) is 14.0. The highest BCUT2D eigenvalue weighted by atomic mass is 16.5. The van der Waals surface area contributed by atoms with E-state index < -0.39 is 5.60 Å². The van der Waals surface area contributed by atoms with Crippen LogP contribution in [0.1, 0.15) is 33.6 Å². The minimum Gasteiger partial charge on any atom is -0.476 e. The Balaban J connectivity index is 2.19. The predicted octanol–water partition coefficient (Wildman–Crippen LogP) is 2.53. The highest BCUT2D eigenvalue weighted by molar-refractivity contribution is 6.01. The van der Waals surface area contributed by atoms with Crippen LogP contribution in [0, 0.1) is 0 Å². The van der Waals surface area contributed by atoms with Crippen LogP contribution in [0.2, 0.25) is 0 Å². The molecule has 2 N–H and O–H groups in total. The first-order valence-electron chi connectivity index (χ1n) is 6.37. The smallest absolute Gasteiger partial charge is 0.268 e. The summed E-state index contributed by atoms with van der Waals surface area (Å²) in [4.78, 5) is 23.3. The molecule has 1 heterocycles. The second kappa shape index (κ2) is 4.91. The SMILES string of the molecule is CCCC(=O)Nc1ccc2c(c1)NC(=O)C(C)(C)O2. The van der Waals surface area contributed by atoms with E-state index in [0.717, 1.165) is 6.42 Å². The van der Waals surface area contributed by atoms with E-state index in [9.17, 15) is 9.59 Å². The Bertz CT molecular complexity index is 523. The Labute approximate surface area is 112 Å². The average Bonchev–Trinajstić information content (AvgIpc) is 2.31. The summed E-state index contributed by atoms with van der Waals surface area (Å²) in [6.07, 6.45) is 1.28. The van der Waals surface area contributed by atoms with Crippen molar-refractivity contribution in [2.75, 3.05) is 10.6 Å². The van der Waals surface area contributed by atoms with Crippen LogP contribution in [0.3, 0.4) is 0 Å². The van der Waals surface area contributed by atoms with Gasteiger partial charge in [-0.05, 0) is 38.5 Å². The molecule has 5 heteroatoms. The molecule has 0 saturated heterocycles. The molecule has 5 nitrogen and oxygen atoms in total. The number of ether oxygens (including phenoxy) is 1. The molecule has 0 radical (unpaired) electrons. The molecular formula is C14H18N2O3. The minimum atomic E-state index is -0.875. The van der Waals surface area contributed by atoms with E-state index in [0.29, 0.717) is 23.5 Å². The second-order valence-corrected chi connectivity index (χ2v) is 5.08. The van der Waals surface area contributed by atoms with Crippen molar-refractivity contribution in [1.29, 1.82) is 0 Å². The number of amides is 2. The number of anilines is 2. The van der Waals surface area contributed by atoms with Crippen LogP contribution in [-0.4, -0.2) is 17.4 Å². The molecule has 0 fully saturated rings. The predicted molar refractivity (Wildman–Crippen MR) is 73.3 cm³/mol. The fraction of sp³-hybridized carbons (Fsp3) is 0.429. The van der Waals surface area contributed by atoms with Gasteiger partial charge in [0.05, 0.1) is 5.69 Å². The number of hydrogen-bond acceptors (Lipinski definition) is 3. The molecule has 0 saturated carbocycles. The Morgan fingerprint density at radius 1 is 1.42 bits per heavy atom. The van der Waals surface area contributed by atoms with Crippen molar-refractivity contribution in [1.82, 2.24) is 0 Å². The maximum Gasteiger partial charge on any atom is 0.268 e. The van der Waals surface area contributed by atoms with E-state index in [4.69, 9.17) is 4.74 Å². The molecule has 0 aromatic heterocycles. The number of fused-ring (bicyclic) bond motifs is 1. The topological polar surface area (TPSA) is 67.4 Å². The molecule has 0 atom stereocenters. The standard InChI is InChI=1S/C14H18N2O3/c1-4-5-12(17)15-9-6-7-11-10(8-9)16-13(18)14(2,3)19-11/h6-8H,4-5H2,1-3H3,(H,15,17)(H,16,18). The molecule has 1 aliphatic heterocycles. The third kappa shape index (κ3) is 2.86. The monoisotopic (exact) mass is 262 g/mol. The van der Waals surface area contributed by atoms with Crippen molar-refractivity contribution in [2.24, 2.45) is 0 Å². The lowest BCUT2D eigenvalue weighted by Gasteiger charge is -2.31. The molecular weight excluding hydrogens is 244 g/mol. The normalized spacial score (nSPS) is 16.1. The number of carbonyl (C=O) groups excluding carboxylic acids is 2. The molecule has 1 aromatic carbocycles. The third-order valence-electron chi connectivity index (χ3n) is 2.90. The molecule has 102 valence electrons. The highest BCUT2D eigenvalue weighted by Crippen LogP contribution is 2.35. The maximum atomic E-state index is 11.8. The summed E-state index contributed by atoms with van der Waals surface area (Å²) in [7, 11) is 0. The van der Waals surface area contributed by atoms with Gasteiger partial charge in [0, 0.05) is 12.1 Å². The van der Waals surface area contributed by atoms with Crippen molar-refractivity contribution in [2.45, 2.75) is 39.2 Å². The van der Waals surface area contributed by atoms with Crippen molar-refractivity contribution in [3.05, 3.63) is 18.2 Å². The lowest BCUT2D eigenvalue weighted by Crippen LogP contribution is -2.45. The quantitative estimate of drug-likeness (QED) is 0.879. The van der Waals surface area contributed by atoms with Gasteiger partial charge in [-0.15, -0.1) is 0 Å². The summed E-state index contributed by atoms with van der Waals surface area (Å²) in [5.41, 5.74) is 0.361. The van der Waals surface area contributed by atoms with Gasteiger partial charge in [-0.25, -0.2) is 0 Å². The fourth-order valence-corrected chi connectivity index (χ4v) is 1.84. The first-order valence-corrected chi connectivity index (χ1v) is 6.37. The second-order valence-electron chi connectivity index (χ2n) is 5.08. The number of nitrogens with one attached hydrogen (secondary N) is 2. The van der Waals surface area contributed by atoms with Crippen LogP contribution in [0.15, 0.2) is 18.2 Å². The number of benzene rings is 1. The van der Waals surface area contributed by atoms with Gasteiger partial charge in [-0.3, -0.25) is 9.59 Å². The minimum absolute atomic E-state index is 0.0363. The Hall–Kier alpha value is -2.04. The van der Waals surface area contributed by atoms with Crippen molar-refractivity contribution < 1.29 is 14.3 Å². The summed E-state index contributed by atoms with van der Waals surface area (Å²) in [5, 5.41) is 5.56. The van der Waals surface area contributed by atoms with Gasteiger partial charge in [0.25, 0.3) is 5.91 Å². The van der Waals surface area contributed by atoms with Gasteiger partial charge in [-0.1, -0.05) is 6.92 Å². The molecule has 2 amide bonds. The van der Waals surface area contributed by atoms with Crippen LogP contribution in [0.25, 0.3) is 0 Å². The van der Waals surface area contributed by atoms with Crippen LogP contribution in [0.5, 0.6) is 5.75 Å². The van der Waals surface area contributed by atoms with E-state index >= 15 is 0 Å². The number of carbonyl (C=O) groups is 2. The summed E-state index contributed by atoms with van der Waals surface area (Å²) in [6.45, 7) is 5.37. The molecule has 0 unspecified atom stereocenters. The van der Waals surface area contributed by atoms with E-state index in [1.807, 2.05) is 6.92 Å². The third-order valence-corrected chi connectivity index (χ3v) is 2.90. The van der Waals surface area contributed by atoms with Gasteiger partial charge in [-0.2, -0.15) is 0 Å². The summed E-state index contributed by atoms with van der Waals surface area (Å²) >= 11 is 0. The zero-order valence-corrected chi connectivity index (χ0v) is 11.4. The van der Waals surface area contributed by atoms with Crippen molar-refractivity contribution >= 4 is 23.2 Å². The van der Waals surface area contributed by atoms with Gasteiger partial charge >= 0.3 is 0 Å². The largest absolute Gasteiger partial charge is 0.476 e. The highest BCUT2D eigenvalue weighted by Gasteiger charge is 2.35. The Morgan fingerprint density at radius 2 is 2.16 bits per heavy atom. The summed E-state index contributed by atoms with van der Waals surface area (Å²) in [6, 6.07) is 5.22. The first-order chi connectivity index (χ1) is 8.92. The van der Waals surface area contributed by atoms with Crippen molar-refractivity contribution in [3.8, 4) is 5.75 Å². The first kappa shape index (κ1) is 13.4. The lowest BCUT2D eigenvalue weighted by molar-refractivity contribution is -0.129. The molecule has 1 aliphatic rings. The van der Waals surface area contributed by atoms with E-state index in [-0.39, 0.29) is 11.8 Å². The number of rotatable bonds is 3. The van der Waals surface area contributed by atoms with Gasteiger partial charge in [0.2, 0.25) is 5.91 Å². The maximum absolute atomic E-state index is 11.8. The molecule has 0 spiro atoms. The fourth-order valence-electron chi connectivity index (χ4n) is 1.84. The van der Waals surface area contributed by atoms with Crippen LogP contribution in [-0.2, 0) is 9.59 Å². The molecule has 19 heavy (non-hydrogen) atoms. The van der Waals surface area contributed by atoms with E-state index in [1.165, 1.54) is 0 Å². The number of hydrogen-bond donors (Lipinski definition) is 2. The van der Waals surface area contributed by atoms with Crippen LogP contribution >= 0.6 is 0 Å². The summed E-state index contributed by atoms with van der Waals surface area (Å²) in [5.74, 6) is 0.376. The summed E-state index contributed by atoms with van der Waals surface area (Å²) < 4.78 is 5.61. The molecule has 0 bridgehead atoms. The Morgan fingerprint density at radius 3 is 2.84 bits per heavy atom. The Kier molecular flexibility index (Phi) is 3.46. The van der Waals surface area contributed by atoms with Crippen molar-refractivity contribution in [3.63, 3.8) is 0 Å². The van der Waals surface area contributed by atoms with Gasteiger partial charge in [0.1, 0.15) is 5.75 Å². The van der Waals surface area contributed by atoms with Crippen LogP contribution in [0.4, 0.5) is 11.4 Å². The molecule has 0 aliphatic carbocycles.